The largest absolute Gasteiger partial charge is 0.481 e. The molecular formula is C20H30O2. The van der Waals surface area contributed by atoms with Crippen LogP contribution in [0.3, 0.4) is 0 Å². The summed E-state index contributed by atoms with van der Waals surface area (Å²) in [6.45, 7) is 8.98. The third-order valence-corrected chi connectivity index (χ3v) is 7.05. The number of hydrogen-bond acceptors (Lipinski definition) is 2. The normalized spacial score (nSPS) is 41.8. The van der Waals surface area contributed by atoms with Crippen LogP contribution in [0.4, 0.5) is 0 Å². The molecule has 0 bridgehead atoms. The predicted molar refractivity (Wildman–Crippen MR) is 89.5 cm³/mol. The lowest BCUT2D eigenvalue weighted by molar-refractivity contribution is -0.162. The van der Waals surface area contributed by atoms with Crippen molar-refractivity contribution in [3.05, 3.63) is 23.3 Å². The number of fused-ring (bicyclic) bond motifs is 3. The van der Waals surface area contributed by atoms with Crippen LogP contribution in [0.1, 0.15) is 66.2 Å². The molecule has 0 aliphatic heterocycles. The molecule has 1 saturated carbocycles. The lowest BCUT2D eigenvalue weighted by Gasteiger charge is -2.57. The quantitative estimate of drug-likeness (QED) is 0.760. The minimum Gasteiger partial charge on any atom is -0.481 e. The van der Waals surface area contributed by atoms with Crippen LogP contribution in [-0.4, -0.2) is 11.1 Å². The Labute approximate surface area is 136 Å². The van der Waals surface area contributed by atoms with Gasteiger partial charge in [-0.2, -0.15) is 0 Å². The fourth-order valence-electron chi connectivity index (χ4n) is 5.59. The summed E-state index contributed by atoms with van der Waals surface area (Å²) in [6.07, 6.45) is 11.2. The van der Waals surface area contributed by atoms with Crippen LogP contribution >= 0.6 is 0 Å². The van der Waals surface area contributed by atoms with E-state index in [-0.39, 0.29) is 11.4 Å². The summed E-state index contributed by atoms with van der Waals surface area (Å²) in [7, 11) is 0. The molecule has 22 heavy (non-hydrogen) atoms. The number of carboxylic acid groups (broad SMARTS) is 1. The van der Waals surface area contributed by atoms with Gasteiger partial charge >= 0.3 is 5.97 Å². The van der Waals surface area contributed by atoms with Gasteiger partial charge in [0, 0.05) is 0 Å². The van der Waals surface area contributed by atoms with Crippen LogP contribution < -0.4 is 0 Å². The van der Waals surface area contributed by atoms with Gasteiger partial charge in [0.05, 0.1) is 5.41 Å². The fourth-order valence-corrected chi connectivity index (χ4v) is 5.59. The molecule has 3 rings (SSSR count). The third kappa shape index (κ3) is 2.18. The van der Waals surface area contributed by atoms with Crippen molar-refractivity contribution < 1.29 is 9.90 Å². The van der Waals surface area contributed by atoms with Gasteiger partial charge in [0.1, 0.15) is 0 Å². The first-order valence-electron chi connectivity index (χ1n) is 9.32. The van der Waals surface area contributed by atoms with Crippen molar-refractivity contribution in [2.75, 3.05) is 0 Å². The minimum absolute atomic E-state index is 0.157. The van der Waals surface area contributed by atoms with Crippen molar-refractivity contribution in [3.8, 4) is 0 Å². The number of carboxylic acids is 1. The molecule has 2 nitrogen and oxygen atoms in total. The Hall–Kier alpha value is -1.05. The molecule has 0 amide bonds. The van der Waals surface area contributed by atoms with Gasteiger partial charge in [0.2, 0.25) is 0 Å². The molecule has 0 heterocycles. The van der Waals surface area contributed by atoms with Gasteiger partial charge in [0.25, 0.3) is 1.43 Å². The summed E-state index contributed by atoms with van der Waals surface area (Å²) < 4.78 is 7.12. The second kappa shape index (κ2) is 5.25. The Kier molecular flexibility index (Phi) is 3.47. The van der Waals surface area contributed by atoms with Gasteiger partial charge in [-0.25, -0.2) is 0 Å². The standard InChI is InChI=1S/C20H30O2/c1-13(2)14-6-8-16-15(12-14)7-9-17-19(16,3)10-5-11-20(17,4)18(21)22/h7,12-13,16-17H,5-6,8-11H2,1-4H3,(H,21,22)/t16-,17+,19+,20+/m0/s1/i/hD. The first-order valence-corrected chi connectivity index (χ1v) is 8.91. The molecule has 122 valence electrons. The van der Waals surface area contributed by atoms with Crippen LogP contribution in [0.5, 0.6) is 0 Å². The first-order chi connectivity index (χ1) is 10.8. The van der Waals surface area contributed by atoms with E-state index < -0.39 is 5.41 Å². The molecule has 1 fully saturated rings. The SMILES string of the molecule is [2H]OC(=O)[C@]1(C)CCC[C@@]2(C)[C@H]1CC=C1C=C(C(C)C)CC[C@@H]12. The van der Waals surface area contributed by atoms with E-state index in [9.17, 15) is 4.79 Å². The average molecular weight is 303 g/mol. The summed E-state index contributed by atoms with van der Waals surface area (Å²) in [5.41, 5.74) is 2.73. The molecule has 3 aliphatic rings. The Balaban J connectivity index is 1.99. The Morgan fingerprint density at radius 2 is 2.18 bits per heavy atom. The Morgan fingerprint density at radius 1 is 1.41 bits per heavy atom. The van der Waals surface area contributed by atoms with Crippen molar-refractivity contribution in [2.45, 2.75) is 66.2 Å². The van der Waals surface area contributed by atoms with Gasteiger partial charge < -0.3 is 5.11 Å². The highest BCUT2D eigenvalue weighted by atomic mass is 16.4. The molecular weight excluding hydrogens is 272 g/mol. The Morgan fingerprint density at radius 3 is 2.86 bits per heavy atom. The van der Waals surface area contributed by atoms with Crippen LogP contribution in [0.15, 0.2) is 23.3 Å². The maximum absolute atomic E-state index is 12.3. The molecule has 0 aromatic carbocycles. The molecule has 0 spiro atoms. The average Bonchev–Trinajstić information content (AvgIpc) is 2.53. The number of rotatable bonds is 2. The van der Waals surface area contributed by atoms with Crippen molar-refractivity contribution in [2.24, 2.45) is 28.6 Å². The van der Waals surface area contributed by atoms with Gasteiger partial charge in [-0.1, -0.05) is 44.9 Å². The monoisotopic (exact) mass is 303 g/mol. The van der Waals surface area contributed by atoms with E-state index in [2.05, 4.69) is 38.0 Å². The fraction of sp³-hybridized carbons (Fsp3) is 0.750. The Bertz CT molecular complexity index is 562. The zero-order valence-corrected chi connectivity index (χ0v) is 14.4. The van der Waals surface area contributed by atoms with Crippen LogP contribution in [-0.2, 0) is 4.79 Å². The van der Waals surface area contributed by atoms with Crippen molar-refractivity contribution in [1.82, 2.24) is 0 Å². The topological polar surface area (TPSA) is 37.3 Å². The minimum atomic E-state index is -0.501. The maximum Gasteiger partial charge on any atom is 0.309 e. The highest BCUT2D eigenvalue weighted by Crippen LogP contribution is 2.62. The van der Waals surface area contributed by atoms with Crippen LogP contribution in [0, 0.1) is 28.6 Å². The van der Waals surface area contributed by atoms with E-state index in [1.54, 1.807) is 5.57 Å². The lowest BCUT2D eigenvalue weighted by Crippen LogP contribution is -2.53. The summed E-state index contributed by atoms with van der Waals surface area (Å²) >= 11 is 0. The van der Waals surface area contributed by atoms with Crippen molar-refractivity contribution in [1.29, 1.82) is 1.43 Å². The molecule has 2 heteroatoms. The molecule has 0 aromatic heterocycles. The van der Waals surface area contributed by atoms with E-state index >= 15 is 0 Å². The van der Waals surface area contributed by atoms with E-state index in [4.69, 9.17) is 1.43 Å². The van der Waals surface area contributed by atoms with Gasteiger partial charge in [-0.05, 0) is 67.8 Å². The number of allylic oxidation sites excluding steroid dienone is 4. The summed E-state index contributed by atoms with van der Waals surface area (Å²) in [6, 6.07) is 0. The molecule has 4 atom stereocenters. The van der Waals surface area contributed by atoms with E-state index in [1.165, 1.54) is 24.8 Å². The van der Waals surface area contributed by atoms with Gasteiger partial charge in [-0.15, -0.1) is 0 Å². The second-order valence-corrected chi connectivity index (χ2v) is 8.52. The third-order valence-electron chi connectivity index (χ3n) is 7.05. The first kappa shape index (κ1) is 14.5. The van der Waals surface area contributed by atoms with E-state index in [0.29, 0.717) is 17.8 Å². The highest BCUT2D eigenvalue weighted by Gasteiger charge is 2.57. The van der Waals surface area contributed by atoms with Gasteiger partial charge in [0.15, 0.2) is 0 Å². The van der Waals surface area contributed by atoms with Crippen LogP contribution in [0.25, 0.3) is 1.43 Å². The summed E-state index contributed by atoms with van der Waals surface area (Å²) in [5, 5.41) is 4.45. The maximum atomic E-state index is 12.3. The van der Waals surface area contributed by atoms with E-state index in [0.717, 1.165) is 19.3 Å². The molecule has 0 unspecified atom stereocenters. The van der Waals surface area contributed by atoms with Crippen molar-refractivity contribution in [3.63, 3.8) is 0 Å². The zero-order valence-electron chi connectivity index (χ0n) is 15.4. The predicted octanol–water partition coefficient (Wildman–Crippen LogP) is 5.21. The zero-order chi connectivity index (χ0) is 16.8. The number of carbonyl (C=O) groups is 1. The number of hydrogen-bond donors (Lipinski definition) is 1. The molecule has 0 aromatic rings. The molecule has 0 saturated heterocycles. The van der Waals surface area contributed by atoms with Crippen molar-refractivity contribution >= 4 is 5.97 Å². The molecule has 0 radical (unpaired) electrons. The number of aliphatic carboxylic acids is 1. The second-order valence-electron chi connectivity index (χ2n) is 8.52. The van der Waals surface area contributed by atoms with Crippen LogP contribution in [0.2, 0.25) is 0 Å². The summed E-state index contributed by atoms with van der Waals surface area (Å²) in [5.74, 6) is 1.14. The smallest absolute Gasteiger partial charge is 0.309 e. The highest BCUT2D eigenvalue weighted by molar-refractivity contribution is 5.75. The molecule has 3 aliphatic carbocycles. The summed E-state index contributed by atoms with van der Waals surface area (Å²) in [4.78, 5) is 12.3. The van der Waals surface area contributed by atoms with Gasteiger partial charge in [-0.3, -0.25) is 4.79 Å². The molecule has 1 N–H and O–H groups in total. The lowest BCUT2D eigenvalue weighted by atomic mass is 9.47. The van der Waals surface area contributed by atoms with E-state index in [1.807, 2.05) is 6.92 Å².